The fourth-order valence-electron chi connectivity index (χ4n) is 3.86. The minimum atomic E-state index is -0.461. The maximum absolute atomic E-state index is 13.2. The van der Waals surface area contributed by atoms with E-state index in [2.05, 4.69) is 4.98 Å². The normalized spacial score (nSPS) is 16.7. The van der Waals surface area contributed by atoms with Crippen molar-refractivity contribution in [2.45, 2.75) is 18.8 Å². The molecule has 0 aliphatic carbocycles. The minimum Gasteiger partial charge on any atom is -0.508 e. The Morgan fingerprint density at radius 2 is 1.89 bits per heavy atom. The van der Waals surface area contributed by atoms with E-state index in [0.717, 1.165) is 22.9 Å². The summed E-state index contributed by atoms with van der Waals surface area (Å²) in [6.45, 7) is 1.25. The topological polar surface area (TPSA) is 99.4 Å². The van der Waals surface area contributed by atoms with Gasteiger partial charge in [0.15, 0.2) is 0 Å². The number of amides is 2. The number of H-pyrrole nitrogens is 1. The van der Waals surface area contributed by atoms with Crippen LogP contribution in [0.4, 0.5) is 0 Å². The molecule has 1 aliphatic rings. The number of phenolic OH excluding ortho intramolecular Hbond substituents is 1. The van der Waals surface area contributed by atoms with Crippen LogP contribution in [0.15, 0.2) is 48.5 Å². The zero-order chi connectivity index (χ0) is 19.0. The Morgan fingerprint density at radius 3 is 2.63 bits per heavy atom. The van der Waals surface area contributed by atoms with E-state index < -0.39 is 5.91 Å². The average Bonchev–Trinajstić information content (AvgIpc) is 3.27. The van der Waals surface area contributed by atoms with E-state index in [1.807, 2.05) is 41.3 Å². The molecule has 1 saturated heterocycles. The molecule has 1 aromatic heterocycles. The summed E-state index contributed by atoms with van der Waals surface area (Å²) < 4.78 is 0. The molecule has 27 heavy (non-hydrogen) atoms. The third-order valence-corrected chi connectivity index (χ3v) is 5.22. The van der Waals surface area contributed by atoms with Crippen LogP contribution in [0.25, 0.3) is 10.9 Å². The average molecular weight is 363 g/mol. The fraction of sp³-hybridized carbons (Fsp3) is 0.238. The van der Waals surface area contributed by atoms with Gasteiger partial charge in [0.25, 0.3) is 5.91 Å². The monoisotopic (exact) mass is 363 g/mol. The number of nitrogens with two attached hydrogens (primary N) is 1. The van der Waals surface area contributed by atoms with E-state index in [-0.39, 0.29) is 24.0 Å². The lowest BCUT2D eigenvalue weighted by atomic mass is 9.98. The van der Waals surface area contributed by atoms with Crippen LogP contribution in [-0.2, 0) is 11.2 Å². The van der Waals surface area contributed by atoms with Crippen LogP contribution in [0.3, 0.4) is 0 Å². The lowest BCUT2D eigenvalue weighted by Crippen LogP contribution is -2.30. The number of para-hydroxylation sites is 1. The number of aromatic amines is 1. The minimum absolute atomic E-state index is 0.0281. The van der Waals surface area contributed by atoms with Crippen molar-refractivity contribution in [2.75, 3.05) is 13.1 Å². The van der Waals surface area contributed by atoms with Gasteiger partial charge >= 0.3 is 0 Å². The lowest BCUT2D eigenvalue weighted by molar-refractivity contribution is -0.117. The first-order valence-corrected chi connectivity index (χ1v) is 8.99. The van der Waals surface area contributed by atoms with Gasteiger partial charge in [-0.3, -0.25) is 9.59 Å². The molecular weight excluding hydrogens is 342 g/mol. The highest BCUT2D eigenvalue weighted by Gasteiger charge is 2.30. The van der Waals surface area contributed by atoms with Gasteiger partial charge in [-0.2, -0.15) is 0 Å². The molecule has 1 atom stereocenters. The molecule has 1 fully saturated rings. The van der Waals surface area contributed by atoms with Crippen LogP contribution in [0, 0.1) is 0 Å². The highest BCUT2D eigenvalue weighted by Crippen LogP contribution is 2.31. The van der Waals surface area contributed by atoms with Crippen molar-refractivity contribution >= 4 is 22.7 Å². The first-order chi connectivity index (χ1) is 13.0. The largest absolute Gasteiger partial charge is 0.508 e. The second-order valence-corrected chi connectivity index (χ2v) is 7.00. The molecule has 3 aromatic rings. The van der Waals surface area contributed by atoms with Crippen molar-refractivity contribution in [1.29, 1.82) is 0 Å². The van der Waals surface area contributed by atoms with Gasteiger partial charge in [0.2, 0.25) is 5.91 Å². The summed E-state index contributed by atoms with van der Waals surface area (Å²) in [6.07, 6.45) is 0.891. The van der Waals surface area contributed by atoms with Gasteiger partial charge in [-0.1, -0.05) is 30.3 Å². The van der Waals surface area contributed by atoms with Gasteiger partial charge < -0.3 is 20.7 Å². The molecule has 0 bridgehead atoms. The summed E-state index contributed by atoms with van der Waals surface area (Å²) in [5.41, 5.74) is 8.45. The van der Waals surface area contributed by atoms with E-state index in [1.54, 1.807) is 12.1 Å². The van der Waals surface area contributed by atoms with Gasteiger partial charge in [0.1, 0.15) is 11.4 Å². The van der Waals surface area contributed by atoms with Gasteiger partial charge in [0, 0.05) is 29.9 Å². The van der Waals surface area contributed by atoms with Crippen molar-refractivity contribution in [3.8, 4) is 5.75 Å². The van der Waals surface area contributed by atoms with Crippen molar-refractivity contribution < 1.29 is 14.7 Å². The molecule has 0 spiro atoms. The van der Waals surface area contributed by atoms with Crippen molar-refractivity contribution in [3.63, 3.8) is 0 Å². The summed E-state index contributed by atoms with van der Waals surface area (Å²) in [5, 5.41) is 10.3. The number of aromatic nitrogens is 1. The number of fused-ring (bicyclic) bond motifs is 1. The summed E-state index contributed by atoms with van der Waals surface area (Å²) in [4.78, 5) is 29.7. The van der Waals surface area contributed by atoms with Crippen LogP contribution in [0.5, 0.6) is 5.75 Å². The quantitative estimate of drug-likeness (QED) is 0.664. The number of primary amides is 1. The third kappa shape index (κ3) is 3.26. The van der Waals surface area contributed by atoms with E-state index in [0.29, 0.717) is 24.3 Å². The number of likely N-dealkylation sites (tertiary alicyclic amines) is 1. The zero-order valence-electron chi connectivity index (χ0n) is 14.8. The number of aromatic hydroxyl groups is 1. The SMILES string of the molecule is NC(=O)Cc1c(C(=O)N2CCC(c3ccc(O)cc3)C2)[nH]c2ccccc12. The number of nitrogens with zero attached hydrogens (tertiary/aromatic N) is 1. The van der Waals surface area contributed by atoms with Crippen molar-refractivity contribution in [3.05, 3.63) is 65.4 Å². The molecule has 0 saturated carbocycles. The summed E-state index contributed by atoms with van der Waals surface area (Å²) >= 11 is 0. The molecular formula is C21H21N3O3. The zero-order valence-corrected chi connectivity index (χ0v) is 14.8. The first-order valence-electron chi connectivity index (χ1n) is 8.99. The Kier molecular flexibility index (Phi) is 4.32. The number of carbonyl (C=O) groups is 2. The van der Waals surface area contributed by atoms with E-state index in [1.165, 1.54) is 0 Å². The second kappa shape index (κ2) is 6.79. The molecule has 0 radical (unpaired) electrons. The second-order valence-electron chi connectivity index (χ2n) is 7.00. The lowest BCUT2D eigenvalue weighted by Gasteiger charge is -2.17. The van der Waals surface area contributed by atoms with Gasteiger partial charge in [0.05, 0.1) is 6.42 Å². The Hall–Kier alpha value is -3.28. The molecule has 2 heterocycles. The number of hydrogen-bond acceptors (Lipinski definition) is 3. The summed E-state index contributed by atoms with van der Waals surface area (Å²) in [5.74, 6) is -0.0988. The Labute approximate surface area is 156 Å². The van der Waals surface area contributed by atoms with Gasteiger partial charge in [-0.25, -0.2) is 0 Å². The third-order valence-electron chi connectivity index (χ3n) is 5.22. The Bertz CT molecular complexity index is 1010. The first kappa shape index (κ1) is 17.1. The van der Waals surface area contributed by atoms with E-state index >= 15 is 0 Å². The molecule has 138 valence electrons. The molecule has 6 heteroatoms. The number of benzene rings is 2. The van der Waals surface area contributed by atoms with Crippen molar-refractivity contribution in [2.24, 2.45) is 5.73 Å². The van der Waals surface area contributed by atoms with Crippen LogP contribution in [0.2, 0.25) is 0 Å². The standard InChI is InChI=1S/C21H21N3O3/c22-19(26)11-17-16-3-1-2-4-18(16)23-20(17)21(27)24-10-9-14(12-24)13-5-7-15(25)8-6-13/h1-8,14,23,25H,9-12H2,(H2,22,26). The molecule has 1 aliphatic heterocycles. The maximum atomic E-state index is 13.2. The van der Waals surface area contributed by atoms with Crippen LogP contribution in [-0.4, -0.2) is 39.9 Å². The Morgan fingerprint density at radius 1 is 1.15 bits per heavy atom. The number of rotatable bonds is 4. The molecule has 6 nitrogen and oxygen atoms in total. The molecule has 1 unspecified atom stereocenters. The fourth-order valence-corrected chi connectivity index (χ4v) is 3.86. The molecule has 4 rings (SSSR count). The molecule has 4 N–H and O–H groups in total. The number of carbonyl (C=O) groups excluding carboxylic acids is 2. The smallest absolute Gasteiger partial charge is 0.270 e. The molecule has 2 amide bonds. The van der Waals surface area contributed by atoms with Crippen LogP contribution >= 0.6 is 0 Å². The predicted octanol–water partition coefficient (Wildman–Crippen LogP) is 2.53. The number of hydrogen-bond donors (Lipinski definition) is 3. The van der Waals surface area contributed by atoms with E-state index in [4.69, 9.17) is 5.73 Å². The van der Waals surface area contributed by atoms with Gasteiger partial charge in [-0.15, -0.1) is 0 Å². The summed E-state index contributed by atoms with van der Waals surface area (Å²) in [7, 11) is 0. The van der Waals surface area contributed by atoms with Crippen LogP contribution in [0.1, 0.15) is 34.0 Å². The Balaban J connectivity index is 1.61. The van der Waals surface area contributed by atoms with Crippen LogP contribution < -0.4 is 5.73 Å². The van der Waals surface area contributed by atoms with E-state index in [9.17, 15) is 14.7 Å². The summed E-state index contributed by atoms with van der Waals surface area (Å²) in [6, 6.07) is 14.7. The highest BCUT2D eigenvalue weighted by molar-refractivity contribution is 6.03. The highest BCUT2D eigenvalue weighted by atomic mass is 16.3. The maximum Gasteiger partial charge on any atom is 0.270 e. The van der Waals surface area contributed by atoms with Crippen molar-refractivity contribution in [1.82, 2.24) is 9.88 Å². The van der Waals surface area contributed by atoms with Gasteiger partial charge in [-0.05, 0) is 35.7 Å². The molecule has 2 aromatic carbocycles. The number of nitrogens with one attached hydrogen (secondary N) is 1. The number of phenols is 1. The predicted molar refractivity (Wildman–Crippen MR) is 103 cm³/mol.